The summed E-state index contributed by atoms with van der Waals surface area (Å²) < 4.78 is 0. The van der Waals surface area contributed by atoms with Crippen LogP contribution in [-0.4, -0.2) is 25.0 Å². The molecule has 0 aliphatic carbocycles. The molecule has 1 heterocycles. The standard InChI is InChI=1S/C18H22N2O/c1-13-12-19-9-8-17(13)20-18(21)11-14-6-7-15-4-2-3-5-16(15)10-14/h2-7,10,13,17,19H,8-9,11-12H2,1H3,(H,20,21). The van der Waals surface area contributed by atoms with E-state index in [0.717, 1.165) is 25.1 Å². The Bertz CT molecular complexity index is 638. The van der Waals surface area contributed by atoms with E-state index in [1.54, 1.807) is 0 Å². The normalized spacial score (nSPS) is 22.1. The number of benzene rings is 2. The van der Waals surface area contributed by atoms with Crippen molar-refractivity contribution in [3.05, 3.63) is 48.0 Å². The number of fused-ring (bicyclic) bond motifs is 1. The van der Waals surface area contributed by atoms with Crippen molar-refractivity contribution in [2.45, 2.75) is 25.8 Å². The number of amides is 1. The smallest absolute Gasteiger partial charge is 0.224 e. The first-order chi connectivity index (χ1) is 10.2. The molecule has 0 radical (unpaired) electrons. The third-order valence-corrected chi connectivity index (χ3v) is 4.31. The van der Waals surface area contributed by atoms with E-state index < -0.39 is 0 Å². The molecule has 1 amide bonds. The summed E-state index contributed by atoms with van der Waals surface area (Å²) in [5, 5.41) is 8.95. The Balaban J connectivity index is 1.65. The molecule has 0 spiro atoms. The molecule has 3 nitrogen and oxygen atoms in total. The first-order valence-corrected chi connectivity index (χ1v) is 7.70. The number of nitrogens with one attached hydrogen (secondary N) is 2. The SMILES string of the molecule is CC1CNCCC1NC(=O)Cc1ccc2ccccc2c1. The van der Waals surface area contributed by atoms with E-state index in [1.165, 1.54) is 10.8 Å². The predicted octanol–water partition coefficient (Wildman–Crippen LogP) is 2.50. The topological polar surface area (TPSA) is 41.1 Å². The number of hydrogen-bond donors (Lipinski definition) is 2. The fourth-order valence-electron chi connectivity index (χ4n) is 3.02. The number of hydrogen-bond acceptors (Lipinski definition) is 2. The summed E-state index contributed by atoms with van der Waals surface area (Å²) in [6, 6.07) is 14.8. The molecule has 2 aromatic carbocycles. The van der Waals surface area contributed by atoms with Crippen LogP contribution in [-0.2, 0) is 11.2 Å². The van der Waals surface area contributed by atoms with Crippen LogP contribution in [0, 0.1) is 5.92 Å². The quantitative estimate of drug-likeness (QED) is 0.908. The first kappa shape index (κ1) is 14.1. The molecule has 21 heavy (non-hydrogen) atoms. The van der Waals surface area contributed by atoms with Crippen molar-refractivity contribution < 1.29 is 4.79 Å². The summed E-state index contributed by atoms with van der Waals surface area (Å²) in [4.78, 5) is 12.2. The minimum Gasteiger partial charge on any atom is -0.353 e. The van der Waals surface area contributed by atoms with E-state index in [0.29, 0.717) is 18.4 Å². The molecule has 2 atom stereocenters. The Morgan fingerprint density at radius 1 is 1.24 bits per heavy atom. The van der Waals surface area contributed by atoms with Gasteiger partial charge in [0.05, 0.1) is 6.42 Å². The molecular formula is C18H22N2O. The van der Waals surface area contributed by atoms with Gasteiger partial charge in [0.15, 0.2) is 0 Å². The zero-order valence-electron chi connectivity index (χ0n) is 12.4. The highest BCUT2D eigenvalue weighted by molar-refractivity contribution is 5.85. The minimum atomic E-state index is 0.129. The fourth-order valence-corrected chi connectivity index (χ4v) is 3.02. The van der Waals surface area contributed by atoms with Crippen molar-refractivity contribution in [2.24, 2.45) is 5.92 Å². The maximum absolute atomic E-state index is 12.2. The van der Waals surface area contributed by atoms with Gasteiger partial charge in [-0.05, 0) is 41.8 Å². The van der Waals surface area contributed by atoms with Crippen molar-refractivity contribution >= 4 is 16.7 Å². The van der Waals surface area contributed by atoms with Crippen LogP contribution in [0.25, 0.3) is 10.8 Å². The number of carbonyl (C=O) groups excluding carboxylic acids is 1. The molecule has 1 fully saturated rings. The molecule has 2 aromatic rings. The molecule has 3 rings (SSSR count). The Morgan fingerprint density at radius 3 is 2.86 bits per heavy atom. The monoisotopic (exact) mass is 282 g/mol. The van der Waals surface area contributed by atoms with Crippen molar-refractivity contribution in [3.63, 3.8) is 0 Å². The average molecular weight is 282 g/mol. The zero-order valence-corrected chi connectivity index (χ0v) is 12.4. The Morgan fingerprint density at radius 2 is 2.05 bits per heavy atom. The Hall–Kier alpha value is -1.87. The highest BCUT2D eigenvalue weighted by atomic mass is 16.1. The third kappa shape index (κ3) is 3.42. The molecule has 0 bridgehead atoms. The maximum Gasteiger partial charge on any atom is 0.224 e. The molecule has 3 heteroatoms. The largest absolute Gasteiger partial charge is 0.353 e. The lowest BCUT2D eigenvalue weighted by atomic mass is 9.95. The summed E-state index contributed by atoms with van der Waals surface area (Å²) >= 11 is 0. The van der Waals surface area contributed by atoms with E-state index in [1.807, 2.05) is 18.2 Å². The van der Waals surface area contributed by atoms with Crippen LogP contribution in [0.2, 0.25) is 0 Å². The average Bonchev–Trinajstić information content (AvgIpc) is 2.49. The second-order valence-electron chi connectivity index (χ2n) is 6.00. The van der Waals surface area contributed by atoms with Crippen LogP contribution in [0.4, 0.5) is 0 Å². The lowest BCUT2D eigenvalue weighted by molar-refractivity contribution is -0.121. The molecule has 110 valence electrons. The van der Waals surface area contributed by atoms with Gasteiger partial charge in [-0.3, -0.25) is 4.79 Å². The van der Waals surface area contributed by atoms with Gasteiger partial charge >= 0.3 is 0 Å². The Kier molecular flexibility index (Phi) is 4.20. The van der Waals surface area contributed by atoms with Gasteiger partial charge in [0.2, 0.25) is 5.91 Å². The molecule has 2 unspecified atom stereocenters. The Labute approximate surface area is 125 Å². The van der Waals surface area contributed by atoms with Crippen molar-refractivity contribution in [1.82, 2.24) is 10.6 Å². The third-order valence-electron chi connectivity index (χ3n) is 4.31. The summed E-state index contributed by atoms with van der Waals surface area (Å²) in [7, 11) is 0. The molecule has 1 saturated heterocycles. The van der Waals surface area contributed by atoms with Gasteiger partial charge in [-0.1, -0.05) is 49.4 Å². The van der Waals surface area contributed by atoms with Gasteiger partial charge in [-0.25, -0.2) is 0 Å². The fraction of sp³-hybridized carbons (Fsp3) is 0.389. The minimum absolute atomic E-state index is 0.129. The van der Waals surface area contributed by atoms with Gasteiger partial charge in [-0.2, -0.15) is 0 Å². The van der Waals surface area contributed by atoms with Crippen LogP contribution in [0.15, 0.2) is 42.5 Å². The molecule has 1 aliphatic rings. The van der Waals surface area contributed by atoms with Crippen LogP contribution < -0.4 is 10.6 Å². The second kappa shape index (κ2) is 6.27. The predicted molar refractivity (Wildman–Crippen MR) is 86.2 cm³/mol. The summed E-state index contributed by atoms with van der Waals surface area (Å²) in [6.07, 6.45) is 1.48. The van der Waals surface area contributed by atoms with Gasteiger partial charge in [0.1, 0.15) is 0 Å². The van der Waals surface area contributed by atoms with Crippen LogP contribution in [0.3, 0.4) is 0 Å². The van der Waals surface area contributed by atoms with Gasteiger partial charge in [0.25, 0.3) is 0 Å². The van der Waals surface area contributed by atoms with E-state index in [-0.39, 0.29) is 5.91 Å². The number of rotatable bonds is 3. The second-order valence-corrected chi connectivity index (χ2v) is 6.00. The molecule has 2 N–H and O–H groups in total. The molecule has 0 saturated carbocycles. The lowest BCUT2D eigenvalue weighted by Gasteiger charge is -2.30. The van der Waals surface area contributed by atoms with Gasteiger partial charge in [-0.15, -0.1) is 0 Å². The summed E-state index contributed by atoms with van der Waals surface area (Å²) in [5.41, 5.74) is 1.08. The number of carbonyl (C=O) groups is 1. The first-order valence-electron chi connectivity index (χ1n) is 7.70. The van der Waals surface area contributed by atoms with E-state index in [9.17, 15) is 4.79 Å². The highest BCUT2D eigenvalue weighted by Crippen LogP contribution is 2.16. The summed E-state index contributed by atoms with van der Waals surface area (Å²) in [5.74, 6) is 0.628. The molecule has 1 aliphatic heterocycles. The zero-order chi connectivity index (χ0) is 14.7. The van der Waals surface area contributed by atoms with Gasteiger partial charge < -0.3 is 10.6 Å². The van der Waals surface area contributed by atoms with Gasteiger partial charge in [0, 0.05) is 6.04 Å². The molecular weight excluding hydrogens is 260 g/mol. The number of piperidine rings is 1. The van der Waals surface area contributed by atoms with Crippen LogP contribution in [0.1, 0.15) is 18.9 Å². The van der Waals surface area contributed by atoms with E-state index in [2.05, 4.69) is 41.8 Å². The lowest BCUT2D eigenvalue weighted by Crippen LogP contribution is -2.48. The van der Waals surface area contributed by atoms with Crippen molar-refractivity contribution in [3.8, 4) is 0 Å². The van der Waals surface area contributed by atoms with E-state index in [4.69, 9.17) is 0 Å². The van der Waals surface area contributed by atoms with Crippen LogP contribution >= 0.6 is 0 Å². The van der Waals surface area contributed by atoms with Crippen molar-refractivity contribution in [1.29, 1.82) is 0 Å². The molecule has 0 aromatic heterocycles. The van der Waals surface area contributed by atoms with E-state index >= 15 is 0 Å². The highest BCUT2D eigenvalue weighted by Gasteiger charge is 2.22. The van der Waals surface area contributed by atoms with Crippen LogP contribution in [0.5, 0.6) is 0 Å². The summed E-state index contributed by atoms with van der Waals surface area (Å²) in [6.45, 7) is 4.17. The van der Waals surface area contributed by atoms with Crippen molar-refractivity contribution in [2.75, 3.05) is 13.1 Å². The maximum atomic E-state index is 12.2.